The van der Waals surface area contributed by atoms with E-state index >= 15 is 0 Å². The third-order valence-corrected chi connectivity index (χ3v) is 7.01. The normalized spacial score (nSPS) is 33.7. The molecule has 0 spiro atoms. The molecule has 1 N–H and O–H groups in total. The number of Topliss-reactive ketones (excluding diaryl/α,β-unsaturated/α-hetero) is 1. The first-order valence-corrected chi connectivity index (χ1v) is 9.97. The van der Waals surface area contributed by atoms with Crippen molar-refractivity contribution in [3.05, 3.63) is 29.3 Å². The molecule has 0 unspecified atom stereocenters. The summed E-state index contributed by atoms with van der Waals surface area (Å²) in [4.78, 5) is 12.3. The zero-order valence-electron chi connectivity index (χ0n) is 14.7. The molecule has 0 heterocycles. The van der Waals surface area contributed by atoms with Crippen LogP contribution in [0.3, 0.4) is 0 Å². The number of hydrogen-bond donors (Lipinski definition) is 1. The van der Waals surface area contributed by atoms with E-state index in [2.05, 4.69) is 11.1 Å². The predicted octanol–water partition coefficient (Wildman–Crippen LogP) is 2.91. The van der Waals surface area contributed by atoms with Crippen molar-refractivity contribution in [1.29, 1.82) is 0 Å². The Labute approximate surface area is 170 Å². The number of rotatable bonds is 2. The first-order chi connectivity index (χ1) is 11.3. The van der Waals surface area contributed by atoms with Gasteiger partial charge in [0.05, 0.1) is 0 Å². The molecular formula is C18H22NaO5S. The number of ketones is 1. The van der Waals surface area contributed by atoms with Gasteiger partial charge in [0.1, 0.15) is 11.5 Å². The van der Waals surface area contributed by atoms with E-state index < -0.39 is 10.4 Å². The van der Waals surface area contributed by atoms with Gasteiger partial charge in [0.25, 0.3) is 0 Å². The summed E-state index contributed by atoms with van der Waals surface area (Å²) in [6, 6.07) is 5.28. The summed E-state index contributed by atoms with van der Waals surface area (Å²) in [6.45, 7) is 2.15. The SMILES string of the molecule is C[C@]12CC[C@@H]3c4ccc(OS(=O)(=O)O)cc4CC[C@H]3[C@@H]1CCC2=O.[Na]. The molecular weight excluding hydrogens is 351 g/mol. The van der Waals surface area contributed by atoms with E-state index in [0.717, 1.165) is 44.1 Å². The average Bonchev–Trinajstić information content (AvgIpc) is 2.81. The Balaban J connectivity index is 0.00000182. The maximum Gasteiger partial charge on any atom is 0.446 e. The van der Waals surface area contributed by atoms with Gasteiger partial charge < -0.3 is 4.18 Å². The van der Waals surface area contributed by atoms with Gasteiger partial charge in [0.15, 0.2) is 0 Å². The fourth-order valence-electron chi connectivity index (χ4n) is 5.50. The summed E-state index contributed by atoms with van der Waals surface area (Å²) in [5, 5.41) is 0. The Hall–Kier alpha value is -0.400. The Morgan fingerprint density at radius 3 is 2.68 bits per heavy atom. The molecule has 5 nitrogen and oxygen atoms in total. The van der Waals surface area contributed by atoms with Gasteiger partial charge >= 0.3 is 10.4 Å². The molecule has 25 heavy (non-hydrogen) atoms. The molecule has 2 saturated carbocycles. The van der Waals surface area contributed by atoms with Crippen molar-refractivity contribution < 1.29 is 21.9 Å². The number of carbonyl (C=O) groups is 1. The summed E-state index contributed by atoms with van der Waals surface area (Å²) >= 11 is 0. The van der Waals surface area contributed by atoms with Crippen LogP contribution in [0, 0.1) is 17.3 Å². The number of hydrogen-bond acceptors (Lipinski definition) is 4. The minimum Gasteiger partial charge on any atom is -0.362 e. The van der Waals surface area contributed by atoms with E-state index in [0.29, 0.717) is 23.5 Å². The molecule has 7 heteroatoms. The molecule has 1 radical (unpaired) electrons. The first kappa shape index (κ1) is 19.4. The topological polar surface area (TPSA) is 80.7 Å². The third-order valence-electron chi connectivity index (χ3n) is 6.61. The van der Waals surface area contributed by atoms with Crippen LogP contribution in [0.15, 0.2) is 18.2 Å². The summed E-state index contributed by atoms with van der Waals surface area (Å²) in [5.74, 6) is 2.05. The van der Waals surface area contributed by atoms with Crippen LogP contribution >= 0.6 is 0 Å². The minimum atomic E-state index is -4.49. The van der Waals surface area contributed by atoms with E-state index in [1.165, 1.54) is 5.56 Å². The summed E-state index contributed by atoms with van der Waals surface area (Å²) in [6.07, 6.45) is 5.57. The third kappa shape index (κ3) is 3.32. The number of fused-ring (bicyclic) bond motifs is 5. The van der Waals surface area contributed by atoms with Crippen LogP contribution in [0.1, 0.15) is 56.1 Å². The smallest absolute Gasteiger partial charge is 0.362 e. The maximum atomic E-state index is 12.3. The Morgan fingerprint density at radius 1 is 1.20 bits per heavy atom. The Bertz CT molecular complexity index is 806. The van der Waals surface area contributed by atoms with Gasteiger partial charge in [0, 0.05) is 41.4 Å². The van der Waals surface area contributed by atoms with Gasteiger partial charge in [-0.1, -0.05) is 13.0 Å². The predicted molar refractivity (Wildman–Crippen MR) is 94.0 cm³/mol. The molecule has 4 rings (SSSR count). The van der Waals surface area contributed by atoms with Gasteiger partial charge in [-0.3, -0.25) is 9.35 Å². The first-order valence-electron chi connectivity index (χ1n) is 8.61. The maximum absolute atomic E-state index is 12.3. The second-order valence-electron chi connectivity index (χ2n) is 7.71. The van der Waals surface area contributed by atoms with Crippen molar-refractivity contribution >= 4 is 45.7 Å². The summed E-state index contributed by atoms with van der Waals surface area (Å²) in [7, 11) is -4.49. The van der Waals surface area contributed by atoms with Crippen molar-refractivity contribution in [2.75, 3.05) is 0 Å². The van der Waals surface area contributed by atoms with Gasteiger partial charge in [-0.25, -0.2) is 0 Å². The van der Waals surface area contributed by atoms with Gasteiger partial charge in [0.2, 0.25) is 0 Å². The molecule has 0 aliphatic heterocycles. The summed E-state index contributed by atoms with van der Waals surface area (Å²) < 4.78 is 35.2. The Kier molecular flexibility index (Phi) is 5.14. The molecule has 2 fully saturated rings. The molecule has 3 aliphatic rings. The molecule has 1 aromatic carbocycles. The van der Waals surface area contributed by atoms with Crippen molar-refractivity contribution in [3.63, 3.8) is 0 Å². The van der Waals surface area contributed by atoms with Crippen LogP contribution in [0.25, 0.3) is 0 Å². The van der Waals surface area contributed by atoms with E-state index in [9.17, 15) is 13.2 Å². The van der Waals surface area contributed by atoms with Crippen molar-refractivity contribution in [3.8, 4) is 5.75 Å². The number of benzene rings is 1. The van der Waals surface area contributed by atoms with Crippen LogP contribution in [0.2, 0.25) is 0 Å². The Morgan fingerprint density at radius 2 is 1.96 bits per heavy atom. The van der Waals surface area contributed by atoms with Crippen molar-refractivity contribution in [2.45, 2.75) is 51.4 Å². The molecule has 0 bridgehead atoms. The molecule has 0 aromatic heterocycles. The molecule has 1 aromatic rings. The molecule has 3 aliphatic carbocycles. The standard InChI is InChI=1S/C18H22O5S.Na/c1-18-9-8-14-13-5-3-12(23-24(20,21)22)10-11(13)2-4-15(14)16(18)6-7-17(18)19;/h3,5,10,14-16H,2,4,6-9H2,1H3,(H,20,21,22);/t14-,15-,16+,18+;/m1./s1. The van der Waals surface area contributed by atoms with Crippen LogP contribution in [0.5, 0.6) is 5.75 Å². The molecule has 131 valence electrons. The van der Waals surface area contributed by atoms with E-state index in [1.807, 2.05) is 6.07 Å². The van der Waals surface area contributed by atoms with Crippen LogP contribution in [-0.2, 0) is 21.6 Å². The van der Waals surface area contributed by atoms with Crippen LogP contribution < -0.4 is 4.18 Å². The fraction of sp³-hybridized carbons (Fsp3) is 0.611. The van der Waals surface area contributed by atoms with Gasteiger partial charge in [-0.2, -0.15) is 8.42 Å². The quantitative estimate of drug-likeness (QED) is 0.637. The minimum absolute atomic E-state index is 0. The molecule has 0 amide bonds. The number of carbonyl (C=O) groups excluding carboxylic acids is 1. The van der Waals surface area contributed by atoms with E-state index in [4.69, 9.17) is 4.55 Å². The monoisotopic (exact) mass is 373 g/mol. The molecule has 0 saturated heterocycles. The number of aryl methyl sites for hydroxylation is 1. The van der Waals surface area contributed by atoms with Gasteiger partial charge in [-0.05, 0) is 73.1 Å². The largest absolute Gasteiger partial charge is 0.446 e. The summed E-state index contributed by atoms with van der Waals surface area (Å²) in [5.41, 5.74) is 2.23. The zero-order chi connectivity index (χ0) is 17.1. The van der Waals surface area contributed by atoms with Crippen molar-refractivity contribution in [1.82, 2.24) is 0 Å². The van der Waals surface area contributed by atoms with Gasteiger partial charge in [-0.15, -0.1) is 0 Å². The fourth-order valence-corrected chi connectivity index (χ4v) is 5.85. The molecule has 4 atom stereocenters. The van der Waals surface area contributed by atoms with E-state index in [-0.39, 0.29) is 40.7 Å². The zero-order valence-corrected chi connectivity index (χ0v) is 17.5. The average molecular weight is 373 g/mol. The second-order valence-corrected chi connectivity index (χ2v) is 8.73. The van der Waals surface area contributed by atoms with Crippen LogP contribution in [0.4, 0.5) is 0 Å². The van der Waals surface area contributed by atoms with Crippen molar-refractivity contribution in [2.24, 2.45) is 17.3 Å². The van der Waals surface area contributed by atoms with Crippen LogP contribution in [-0.4, -0.2) is 48.3 Å². The van der Waals surface area contributed by atoms with E-state index in [1.54, 1.807) is 12.1 Å². The second kappa shape index (κ2) is 6.64.